The first-order chi connectivity index (χ1) is 12.7. The summed E-state index contributed by atoms with van der Waals surface area (Å²) in [7, 11) is 3.36. The fraction of sp³-hybridized carbons (Fsp3) is 0.474. The Bertz CT molecular complexity index is 721. The van der Waals surface area contributed by atoms with E-state index in [0.29, 0.717) is 6.54 Å². The summed E-state index contributed by atoms with van der Waals surface area (Å²) < 4.78 is 10.7. The maximum Gasteiger partial charge on any atom is 0.191 e. The van der Waals surface area contributed by atoms with E-state index >= 15 is 0 Å². The molecule has 8 heteroatoms. The van der Waals surface area contributed by atoms with Gasteiger partial charge in [-0.2, -0.15) is 0 Å². The van der Waals surface area contributed by atoms with E-state index in [4.69, 9.17) is 9.47 Å². The van der Waals surface area contributed by atoms with Crippen molar-refractivity contribution in [2.24, 2.45) is 4.99 Å². The van der Waals surface area contributed by atoms with Gasteiger partial charge in [0.15, 0.2) is 5.96 Å². The molecule has 2 aromatic rings. The molecule has 0 bridgehead atoms. The van der Waals surface area contributed by atoms with Gasteiger partial charge in [0.05, 0.1) is 19.2 Å². The Labute approximate surface area is 182 Å². The number of ether oxygens (including phenoxy) is 2. The summed E-state index contributed by atoms with van der Waals surface area (Å²) in [6.45, 7) is 6.43. The van der Waals surface area contributed by atoms with Crippen molar-refractivity contribution in [2.45, 2.75) is 26.7 Å². The predicted octanol–water partition coefficient (Wildman–Crippen LogP) is 3.43. The molecule has 0 spiro atoms. The second-order valence-corrected chi connectivity index (χ2v) is 7.05. The standard InChI is InChI=1S/C19H28N4O2S.HI/c1-5-20-19(22-11-9-18-23-13-14(2)26-18)21-10-8-15-12-16(24-3)6-7-17(15)25-4;/h6-7,12-13H,5,8-11H2,1-4H3,(H2,20,21,22);1H. The van der Waals surface area contributed by atoms with Crippen molar-refractivity contribution in [1.29, 1.82) is 0 Å². The van der Waals surface area contributed by atoms with Crippen molar-refractivity contribution in [3.8, 4) is 11.5 Å². The highest BCUT2D eigenvalue weighted by molar-refractivity contribution is 14.0. The molecule has 0 atom stereocenters. The summed E-state index contributed by atoms with van der Waals surface area (Å²) >= 11 is 1.73. The minimum Gasteiger partial charge on any atom is -0.497 e. The fourth-order valence-corrected chi connectivity index (χ4v) is 3.29. The van der Waals surface area contributed by atoms with E-state index < -0.39 is 0 Å². The molecule has 1 heterocycles. The average Bonchev–Trinajstić information content (AvgIpc) is 3.06. The minimum absolute atomic E-state index is 0. The first-order valence-electron chi connectivity index (χ1n) is 8.80. The molecule has 6 nitrogen and oxygen atoms in total. The lowest BCUT2D eigenvalue weighted by Crippen LogP contribution is -2.38. The van der Waals surface area contributed by atoms with Crippen LogP contribution < -0.4 is 20.1 Å². The molecule has 0 amide bonds. The normalized spacial score (nSPS) is 10.9. The van der Waals surface area contributed by atoms with Gasteiger partial charge in [-0.05, 0) is 44.0 Å². The third-order valence-electron chi connectivity index (χ3n) is 3.78. The number of benzene rings is 1. The average molecular weight is 504 g/mol. The van der Waals surface area contributed by atoms with Crippen molar-refractivity contribution in [3.05, 3.63) is 39.8 Å². The highest BCUT2D eigenvalue weighted by Gasteiger charge is 2.06. The number of aliphatic imine (C=N–C) groups is 1. The molecule has 1 aromatic carbocycles. The summed E-state index contributed by atoms with van der Waals surface area (Å²) in [6.07, 6.45) is 3.59. The van der Waals surface area contributed by atoms with E-state index in [2.05, 4.69) is 34.5 Å². The zero-order chi connectivity index (χ0) is 18.8. The Balaban J connectivity index is 0.00000364. The number of thiazole rings is 1. The van der Waals surface area contributed by atoms with Crippen molar-refractivity contribution >= 4 is 41.3 Å². The molecular weight excluding hydrogens is 475 g/mol. The predicted molar refractivity (Wildman–Crippen MR) is 123 cm³/mol. The Kier molecular flexibility index (Phi) is 11.1. The van der Waals surface area contributed by atoms with Crippen molar-refractivity contribution < 1.29 is 9.47 Å². The third-order valence-corrected chi connectivity index (χ3v) is 4.76. The highest BCUT2D eigenvalue weighted by atomic mass is 127. The zero-order valence-electron chi connectivity index (χ0n) is 16.4. The monoisotopic (exact) mass is 504 g/mol. The van der Waals surface area contributed by atoms with Crippen molar-refractivity contribution in [2.75, 3.05) is 33.9 Å². The van der Waals surface area contributed by atoms with Crippen LogP contribution in [-0.4, -0.2) is 44.8 Å². The second kappa shape index (κ2) is 12.8. The van der Waals surface area contributed by atoms with Gasteiger partial charge < -0.3 is 20.1 Å². The molecule has 0 aliphatic carbocycles. The molecule has 150 valence electrons. The molecule has 1 aromatic heterocycles. The molecule has 0 saturated carbocycles. The van der Waals surface area contributed by atoms with Crippen LogP contribution in [0.15, 0.2) is 29.4 Å². The summed E-state index contributed by atoms with van der Waals surface area (Å²) in [4.78, 5) is 10.2. The van der Waals surface area contributed by atoms with Gasteiger partial charge >= 0.3 is 0 Å². The molecule has 2 rings (SSSR count). The SMILES string of the molecule is CCNC(=NCCc1ncc(C)s1)NCCc1cc(OC)ccc1OC.I. The quantitative estimate of drug-likeness (QED) is 0.311. The Morgan fingerprint density at radius 3 is 2.63 bits per heavy atom. The first kappa shape index (κ1) is 23.5. The van der Waals surface area contributed by atoms with Crippen LogP contribution >= 0.6 is 35.3 Å². The van der Waals surface area contributed by atoms with E-state index in [1.54, 1.807) is 25.6 Å². The largest absolute Gasteiger partial charge is 0.497 e. The van der Waals surface area contributed by atoms with Crippen LogP contribution in [0.5, 0.6) is 11.5 Å². The molecule has 27 heavy (non-hydrogen) atoms. The van der Waals surface area contributed by atoms with Crippen LogP contribution in [0.3, 0.4) is 0 Å². The Morgan fingerprint density at radius 2 is 2.00 bits per heavy atom. The van der Waals surface area contributed by atoms with Crippen LogP contribution in [-0.2, 0) is 12.8 Å². The number of nitrogens with one attached hydrogen (secondary N) is 2. The fourth-order valence-electron chi connectivity index (χ4n) is 2.51. The van der Waals surface area contributed by atoms with Crippen LogP contribution in [0.2, 0.25) is 0 Å². The number of nitrogens with zero attached hydrogens (tertiary/aromatic N) is 2. The van der Waals surface area contributed by atoms with E-state index in [-0.39, 0.29) is 24.0 Å². The highest BCUT2D eigenvalue weighted by Crippen LogP contribution is 2.24. The van der Waals surface area contributed by atoms with E-state index in [9.17, 15) is 0 Å². The maximum absolute atomic E-state index is 5.43. The van der Waals surface area contributed by atoms with Gasteiger partial charge in [0.2, 0.25) is 0 Å². The molecule has 0 unspecified atom stereocenters. The third kappa shape index (κ3) is 7.92. The van der Waals surface area contributed by atoms with Gasteiger partial charge in [0, 0.05) is 37.1 Å². The lowest BCUT2D eigenvalue weighted by molar-refractivity contribution is 0.398. The molecule has 0 aliphatic rings. The summed E-state index contributed by atoms with van der Waals surface area (Å²) in [6, 6.07) is 5.85. The number of aryl methyl sites for hydroxylation is 1. The molecular formula is C19H29IN4O2S. The van der Waals surface area contributed by atoms with E-state index in [0.717, 1.165) is 54.0 Å². The van der Waals surface area contributed by atoms with Crippen LogP contribution in [0.4, 0.5) is 0 Å². The minimum atomic E-state index is 0. The number of methoxy groups -OCH3 is 2. The van der Waals surface area contributed by atoms with E-state index in [1.165, 1.54) is 4.88 Å². The van der Waals surface area contributed by atoms with Crippen LogP contribution in [0.1, 0.15) is 22.4 Å². The Morgan fingerprint density at radius 1 is 1.19 bits per heavy atom. The molecule has 0 saturated heterocycles. The summed E-state index contributed by atoms with van der Waals surface area (Å²) in [5.41, 5.74) is 1.11. The van der Waals surface area contributed by atoms with Gasteiger partial charge in [-0.25, -0.2) is 4.98 Å². The molecule has 0 fully saturated rings. The number of hydrogen-bond donors (Lipinski definition) is 2. The first-order valence-corrected chi connectivity index (χ1v) is 9.62. The molecule has 0 aliphatic heterocycles. The number of hydrogen-bond acceptors (Lipinski definition) is 5. The van der Waals surface area contributed by atoms with Crippen LogP contribution in [0.25, 0.3) is 0 Å². The van der Waals surface area contributed by atoms with Gasteiger partial charge in [-0.15, -0.1) is 35.3 Å². The number of guanidine groups is 1. The number of aromatic nitrogens is 1. The van der Waals surface area contributed by atoms with Gasteiger partial charge in [-0.3, -0.25) is 4.99 Å². The summed E-state index contributed by atoms with van der Waals surface area (Å²) in [5, 5.41) is 7.78. The lowest BCUT2D eigenvalue weighted by Gasteiger charge is -2.13. The maximum atomic E-state index is 5.43. The van der Waals surface area contributed by atoms with Crippen molar-refractivity contribution in [3.63, 3.8) is 0 Å². The van der Waals surface area contributed by atoms with Gasteiger partial charge in [0.1, 0.15) is 11.5 Å². The number of halogens is 1. The number of rotatable bonds is 9. The van der Waals surface area contributed by atoms with Gasteiger partial charge in [0.25, 0.3) is 0 Å². The van der Waals surface area contributed by atoms with Crippen molar-refractivity contribution in [1.82, 2.24) is 15.6 Å². The Hall–Kier alpha value is -1.55. The summed E-state index contributed by atoms with van der Waals surface area (Å²) in [5.74, 6) is 2.52. The second-order valence-electron chi connectivity index (χ2n) is 5.73. The van der Waals surface area contributed by atoms with E-state index in [1.807, 2.05) is 24.4 Å². The smallest absolute Gasteiger partial charge is 0.191 e. The van der Waals surface area contributed by atoms with Crippen LogP contribution in [0, 0.1) is 6.92 Å². The zero-order valence-corrected chi connectivity index (χ0v) is 19.5. The lowest BCUT2D eigenvalue weighted by atomic mass is 10.1. The van der Waals surface area contributed by atoms with Gasteiger partial charge in [-0.1, -0.05) is 0 Å². The molecule has 2 N–H and O–H groups in total. The topological polar surface area (TPSA) is 67.8 Å². The molecule has 0 radical (unpaired) electrons.